The number of carbonyl (C=O) groups is 1. The van der Waals surface area contributed by atoms with Gasteiger partial charge in [0.15, 0.2) is 11.5 Å². The Hall–Kier alpha value is -5.03. The number of rotatable bonds is 5. The van der Waals surface area contributed by atoms with Gasteiger partial charge in [0.2, 0.25) is 0 Å². The number of amides is 1. The van der Waals surface area contributed by atoms with Gasteiger partial charge >= 0.3 is 6.09 Å². The fourth-order valence-corrected chi connectivity index (χ4v) is 5.79. The van der Waals surface area contributed by atoms with Gasteiger partial charge in [-0.1, -0.05) is 24.3 Å². The van der Waals surface area contributed by atoms with Crippen LogP contribution < -0.4 is 9.80 Å². The molecule has 1 amide bonds. The van der Waals surface area contributed by atoms with Crippen LogP contribution in [0.2, 0.25) is 0 Å². The van der Waals surface area contributed by atoms with Crippen molar-refractivity contribution in [3.05, 3.63) is 78.5 Å². The van der Waals surface area contributed by atoms with E-state index >= 15 is 0 Å². The monoisotopic (exact) mass is 618 g/mol. The van der Waals surface area contributed by atoms with Gasteiger partial charge in [-0.3, -0.25) is 4.40 Å². The highest BCUT2D eigenvalue weighted by Gasteiger charge is 2.26. The number of hydrogen-bond donors (Lipinski definition) is 0. The number of fused-ring (bicyclic) bond motifs is 2. The van der Waals surface area contributed by atoms with Crippen molar-refractivity contribution in [2.75, 3.05) is 62.3 Å². The minimum absolute atomic E-state index is 0.268. The molecular formula is C35H38N8O3. The molecular weight excluding hydrogens is 580 g/mol. The molecule has 46 heavy (non-hydrogen) atoms. The maximum atomic E-state index is 12.5. The van der Waals surface area contributed by atoms with Crippen molar-refractivity contribution < 1.29 is 14.3 Å². The molecule has 5 aromatic rings. The van der Waals surface area contributed by atoms with E-state index in [9.17, 15) is 4.79 Å². The third kappa shape index (κ3) is 6.36. The summed E-state index contributed by atoms with van der Waals surface area (Å²) in [6.45, 7) is 11.1. The lowest BCUT2D eigenvalue weighted by Crippen LogP contribution is -2.50. The van der Waals surface area contributed by atoms with Gasteiger partial charge in [-0.25, -0.2) is 24.7 Å². The second-order valence-corrected chi connectivity index (χ2v) is 12.5. The molecule has 11 nitrogen and oxygen atoms in total. The van der Waals surface area contributed by atoms with E-state index in [0.29, 0.717) is 39.4 Å². The molecule has 0 radical (unpaired) electrons. The summed E-state index contributed by atoms with van der Waals surface area (Å²) in [5.74, 6) is 1.71. The predicted octanol–water partition coefficient (Wildman–Crippen LogP) is 5.40. The molecule has 7 rings (SSSR count). The van der Waals surface area contributed by atoms with E-state index < -0.39 is 5.60 Å². The van der Waals surface area contributed by atoms with Crippen LogP contribution in [0.5, 0.6) is 0 Å². The number of anilines is 2. The number of nitrogens with zero attached hydrogens (tertiary/aromatic N) is 8. The van der Waals surface area contributed by atoms with Gasteiger partial charge in [0.25, 0.3) is 0 Å². The number of piperazine rings is 1. The van der Waals surface area contributed by atoms with Crippen LogP contribution in [-0.4, -0.2) is 93.4 Å². The number of aromatic nitrogens is 5. The maximum Gasteiger partial charge on any atom is 0.410 e. The lowest BCUT2D eigenvalue weighted by molar-refractivity contribution is 0.0240. The molecule has 236 valence electrons. The summed E-state index contributed by atoms with van der Waals surface area (Å²) in [6.07, 6.45) is 9.54. The average molecular weight is 619 g/mol. The number of para-hydroxylation sites is 1. The Bertz CT molecular complexity index is 1880. The SMILES string of the molecule is CC(C)(C)OC(=O)N1CCN(c2ccc(-c3cnc(N4CCOCC4)c4nc(C=Cc5ccc6ccccc6n5)cn34)cn2)CC1. The Kier molecular flexibility index (Phi) is 8.00. The third-order valence-electron chi connectivity index (χ3n) is 8.15. The number of hydrogen-bond acceptors (Lipinski definition) is 9. The van der Waals surface area contributed by atoms with Gasteiger partial charge in [-0.2, -0.15) is 0 Å². The third-order valence-corrected chi connectivity index (χ3v) is 8.15. The minimum atomic E-state index is -0.507. The zero-order chi connectivity index (χ0) is 31.7. The second-order valence-electron chi connectivity index (χ2n) is 12.5. The van der Waals surface area contributed by atoms with Crippen LogP contribution in [0.25, 0.3) is 40.0 Å². The van der Waals surface area contributed by atoms with E-state index in [2.05, 4.69) is 32.4 Å². The molecule has 4 aromatic heterocycles. The van der Waals surface area contributed by atoms with Crippen LogP contribution >= 0.6 is 0 Å². The van der Waals surface area contributed by atoms with Crippen LogP contribution in [0, 0.1) is 0 Å². The van der Waals surface area contributed by atoms with Crippen LogP contribution in [0.1, 0.15) is 32.2 Å². The fraction of sp³-hybridized carbons (Fsp3) is 0.343. The van der Waals surface area contributed by atoms with Crippen molar-refractivity contribution in [2.24, 2.45) is 0 Å². The van der Waals surface area contributed by atoms with Gasteiger partial charge in [-0.15, -0.1) is 0 Å². The number of benzene rings is 1. The molecule has 0 N–H and O–H groups in total. The van der Waals surface area contributed by atoms with E-state index in [1.807, 2.05) is 81.8 Å². The van der Waals surface area contributed by atoms with Crippen LogP contribution in [-0.2, 0) is 9.47 Å². The minimum Gasteiger partial charge on any atom is -0.444 e. The second kappa shape index (κ2) is 12.4. The molecule has 0 atom stereocenters. The van der Waals surface area contributed by atoms with Crippen molar-refractivity contribution in [2.45, 2.75) is 26.4 Å². The lowest BCUT2D eigenvalue weighted by Gasteiger charge is -2.36. The standard InChI is InChI=1S/C35H38N8O3/c1-35(2,3)46-34(44)42-16-14-40(15-17-42)31-13-9-26(22-36-31)30-23-37-32(41-18-20-45-21-19-41)33-39-28(24-43(30)33)12-11-27-10-8-25-6-4-5-7-29(25)38-27/h4-13,22-24H,14-21H2,1-3H3. The van der Waals surface area contributed by atoms with Crippen LogP contribution in [0.3, 0.4) is 0 Å². The molecule has 6 heterocycles. The summed E-state index contributed by atoms with van der Waals surface area (Å²) in [7, 11) is 0. The summed E-state index contributed by atoms with van der Waals surface area (Å²) in [6, 6.07) is 16.3. The molecule has 0 aliphatic carbocycles. The van der Waals surface area contributed by atoms with Gasteiger partial charge < -0.3 is 24.2 Å². The molecule has 2 aliphatic rings. The van der Waals surface area contributed by atoms with Crippen LogP contribution in [0.4, 0.5) is 16.4 Å². The topological polar surface area (TPSA) is 101 Å². The van der Waals surface area contributed by atoms with Gasteiger partial charge in [0.1, 0.15) is 11.4 Å². The summed E-state index contributed by atoms with van der Waals surface area (Å²) in [5, 5.41) is 1.11. The average Bonchev–Trinajstić information content (AvgIpc) is 3.51. The zero-order valence-electron chi connectivity index (χ0n) is 26.5. The van der Waals surface area contributed by atoms with Gasteiger partial charge in [0, 0.05) is 62.6 Å². The smallest absolute Gasteiger partial charge is 0.410 e. The first-order chi connectivity index (χ1) is 22.3. The maximum absolute atomic E-state index is 12.5. The van der Waals surface area contributed by atoms with Gasteiger partial charge in [-0.05, 0) is 57.2 Å². The predicted molar refractivity (Wildman–Crippen MR) is 180 cm³/mol. The zero-order valence-corrected chi connectivity index (χ0v) is 26.5. The van der Waals surface area contributed by atoms with E-state index in [-0.39, 0.29) is 6.09 Å². The number of imidazole rings is 1. The first-order valence-corrected chi connectivity index (χ1v) is 15.7. The number of morpholine rings is 1. The first kappa shape index (κ1) is 29.7. The summed E-state index contributed by atoms with van der Waals surface area (Å²) in [4.78, 5) is 38.2. The highest BCUT2D eigenvalue weighted by atomic mass is 16.6. The van der Waals surface area contributed by atoms with E-state index in [4.69, 9.17) is 29.4 Å². The highest BCUT2D eigenvalue weighted by molar-refractivity contribution is 5.81. The highest BCUT2D eigenvalue weighted by Crippen LogP contribution is 2.28. The van der Waals surface area contributed by atoms with Gasteiger partial charge in [0.05, 0.1) is 42.0 Å². The molecule has 0 spiro atoms. The largest absolute Gasteiger partial charge is 0.444 e. The Labute approximate surface area is 268 Å². The summed E-state index contributed by atoms with van der Waals surface area (Å²) < 4.78 is 13.2. The van der Waals surface area contributed by atoms with Crippen molar-refractivity contribution in [1.82, 2.24) is 29.2 Å². The molecule has 2 saturated heterocycles. The Balaban J connectivity index is 1.14. The van der Waals surface area contributed by atoms with E-state index in [0.717, 1.165) is 63.9 Å². The molecule has 0 bridgehead atoms. The molecule has 11 heteroatoms. The Morgan fingerprint density at radius 2 is 1.61 bits per heavy atom. The van der Waals surface area contributed by atoms with Crippen molar-refractivity contribution in [1.29, 1.82) is 0 Å². The van der Waals surface area contributed by atoms with Crippen LogP contribution in [0.15, 0.2) is 67.1 Å². The lowest BCUT2D eigenvalue weighted by atomic mass is 10.2. The van der Waals surface area contributed by atoms with E-state index in [1.165, 1.54) is 0 Å². The Morgan fingerprint density at radius 3 is 2.37 bits per heavy atom. The molecule has 0 unspecified atom stereocenters. The fourth-order valence-electron chi connectivity index (χ4n) is 5.79. The number of carbonyl (C=O) groups excluding carboxylic acids is 1. The molecule has 2 aliphatic heterocycles. The quantitative estimate of drug-likeness (QED) is 0.256. The first-order valence-electron chi connectivity index (χ1n) is 15.7. The summed E-state index contributed by atoms with van der Waals surface area (Å²) >= 11 is 0. The summed E-state index contributed by atoms with van der Waals surface area (Å²) in [5.41, 5.74) is 4.76. The number of pyridine rings is 2. The normalized spacial score (nSPS) is 16.1. The number of ether oxygens (including phenoxy) is 2. The van der Waals surface area contributed by atoms with E-state index in [1.54, 1.807) is 4.90 Å². The van der Waals surface area contributed by atoms with Crippen molar-refractivity contribution >= 4 is 46.4 Å². The Morgan fingerprint density at radius 1 is 0.826 bits per heavy atom. The molecule has 0 saturated carbocycles. The molecule has 2 fully saturated rings. The van der Waals surface area contributed by atoms with Crippen molar-refractivity contribution in [3.63, 3.8) is 0 Å². The van der Waals surface area contributed by atoms with Crippen molar-refractivity contribution in [3.8, 4) is 11.3 Å². The molecule has 1 aromatic carbocycles.